The molecule has 94 valence electrons. The van der Waals surface area contributed by atoms with Crippen LogP contribution >= 0.6 is 27.3 Å². The van der Waals surface area contributed by atoms with Crippen molar-refractivity contribution in [3.63, 3.8) is 0 Å². The molecule has 1 saturated heterocycles. The zero-order valence-electron chi connectivity index (χ0n) is 10.0. The summed E-state index contributed by atoms with van der Waals surface area (Å²) >= 11 is 5.06. The molecular formula is C11H16BrN3OS. The quantitative estimate of drug-likeness (QED) is 0.782. The number of amides is 1. The third-order valence-corrected chi connectivity index (χ3v) is 3.94. The first-order chi connectivity index (χ1) is 7.98. The average molecular weight is 318 g/mol. The summed E-state index contributed by atoms with van der Waals surface area (Å²) in [7, 11) is 0. The van der Waals surface area contributed by atoms with E-state index < -0.39 is 4.32 Å². The van der Waals surface area contributed by atoms with Crippen molar-refractivity contribution in [3.8, 4) is 0 Å². The van der Waals surface area contributed by atoms with E-state index in [0.717, 1.165) is 31.3 Å². The fraction of sp³-hybridized carbons (Fsp3) is 0.636. The lowest BCUT2D eigenvalue weighted by Gasteiger charge is -2.37. The van der Waals surface area contributed by atoms with Gasteiger partial charge in [-0.1, -0.05) is 15.9 Å². The number of hydrogen-bond acceptors (Lipinski definition) is 4. The zero-order valence-corrected chi connectivity index (χ0v) is 12.4. The van der Waals surface area contributed by atoms with Crippen LogP contribution in [0.25, 0.3) is 0 Å². The summed E-state index contributed by atoms with van der Waals surface area (Å²) in [6, 6.07) is 0. The third-order valence-electron chi connectivity index (χ3n) is 2.77. The van der Waals surface area contributed by atoms with E-state index in [1.807, 2.05) is 30.3 Å². The molecule has 1 amide bonds. The van der Waals surface area contributed by atoms with E-state index in [9.17, 15) is 4.79 Å². The molecule has 1 aliphatic rings. The first kappa shape index (κ1) is 12.8. The first-order valence-corrected chi connectivity index (χ1v) is 7.28. The van der Waals surface area contributed by atoms with Gasteiger partial charge in [-0.2, -0.15) is 0 Å². The van der Waals surface area contributed by atoms with E-state index in [2.05, 4.69) is 25.8 Å². The molecule has 6 heteroatoms. The lowest BCUT2D eigenvalue weighted by Crippen LogP contribution is -2.52. The second-order valence-electron chi connectivity index (χ2n) is 4.57. The number of carbonyl (C=O) groups excluding carboxylic acids is 1. The largest absolute Gasteiger partial charge is 0.345 e. The van der Waals surface area contributed by atoms with Crippen LogP contribution in [0.2, 0.25) is 0 Å². The predicted octanol–water partition coefficient (Wildman–Crippen LogP) is 1.97. The van der Waals surface area contributed by atoms with E-state index in [-0.39, 0.29) is 5.91 Å². The smallest absolute Gasteiger partial charge is 0.239 e. The topological polar surface area (TPSA) is 36.4 Å². The molecule has 1 aromatic rings. The van der Waals surface area contributed by atoms with Crippen molar-refractivity contribution in [2.24, 2.45) is 0 Å². The van der Waals surface area contributed by atoms with Gasteiger partial charge in [0.2, 0.25) is 5.91 Å². The molecule has 1 fully saturated rings. The highest BCUT2D eigenvalue weighted by molar-refractivity contribution is 9.10. The Balaban J connectivity index is 1.93. The Morgan fingerprint density at radius 2 is 2.06 bits per heavy atom. The number of thiazole rings is 1. The molecule has 4 nitrogen and oxygen atoms in total. The SMILES string of the molecule is CC(C)(Br)C(=O)N1CCN(c2nccs2)CC1. The number of hydrogen-bond donors (Lipinski definition) is 0. The standard InChI is InChI=1S/C11H16BrN3OS/c1-11(2,12)9(16)14-4-6-15(7-5-14)10-13-3-8-17-10/h3,8H,4-7H2,1-2H3. The molecule has 0 bridgehead atoms. The number of anilines is 1. The zero-order chi connectivity index (χ0) is 12.5. The van der Waals surface area contributed by atoms with Gasteiger partial charge in [-0.25, -0.2) is 4.98 Å². The van der Waals surface area contributed by atoms with Crippen LogP contribution in [0, 0.1) is 0 Å². The van der Waals surface area contributed by atoms with Gasteiger partial charge in [0.1, 0.15) is 0 Å². The number of nitrogens with zero attached hydrogens (tertiary/aromatic N) is 3. The van der Waals surface area contributed by atoms with Crippen LogP contribution < -0.4 is 4.90 Å². The second kappa shape index (κ2) is 4.94. The Labute approximate surface area is 114 Å². The maximum atomic E-state index is 12.1. The molecule has 0 N–H and O–H groups in total. The number of aromatic nitrogens is 1. The van der Waals surface area contributed by atoms with Crippen molar-refractivity contribution in [1.82, 2.24) is 9.88 Å². The molecule has 0 aliphatic carbocycles. The molecule has 0 aromatic carbocycles. The minimum absolute atomic E-state index is 0.163. The van der Waals surface area contributed by atoms with Crippen LogP contribution in [0.5, 0.6) is 0 Å². The van der Waals surface area contributed by atoms with Gasteiger partial charge in [-0.3, -0.25) is 4.79 Å². The van der Waals surface area contributed by atoms with Crippen molar-refractivity contribution in [1.29, 1.82) is 0 Å². The van der Waals surface area contributed by atoms with Crippen LogP contribution in [0.3, 0.4) is 0 Å². The third kappa shape index (κ3) is 2.98. The molecule has 0 unspecified atom stereocenters. The lowest BCUT2D eigenvalue weighted by atomic mass is 10.1. The van der Waals surface area contributed by atoms with E-state index in [0.29, 0.717) is 0 Å². The van der Waals surface area contributed by atoms with Gasteiger partial charge in [0.15, 0.2) is 5.13 Å². The predicted molar refractivity (Wildman–Crippen MR) is 73.9 cm³/mol. The molecule has 0 spiro atoms. The van der Waals surface area contributed by atoms with Gasteiger partial charge in [-0.15, -0.1) is 11.3 Å². The van der Waals surface area contributed by atoms with Crippen molar-refractivity contribution >= 4 is 38.3 Å². The Hall–Kier alpha value is -0.620. The Morgan fingerprint density at radius 3 is 2.53 bits per heavy atom. The number of alkyl halides is 1. The van der Waals surface area contributed by atoms with Crippen LogP contribution in [-0.2, 0) is 4.79 Å². The summed E-state index contributed by atoms with van der Waals surface area (Å²) in [5, 5.41) is 3.03. The molecule has 2 heterocycles. The molecular weight excluding hydrogens is 302 g/mol. The molecule has 1 aromatic heterocycles. The molecule has 0 radical (unpaired) electrons. The minimum Gasteiger partial charge on any atom is -0.345 e. The van der Waals surface area contributed by atoms with Gasteiger partial charge in [0.25, 0.3) is 0 Å². The summed E-state index contributed by atoms with van der Waals surface area (Å²) in [5.74, 6) is 0.163. The van der Waals surface area contributed by atoms with Gasteiger partial charge in [-0.05, 0) is 13.8 Å². The van der Waals surface area contributed by atoms with Crippen molar-refractivity contribution in [2.75, 3.05) is 31.1 Å². The average Bonchev–Trinajstić information content (AvgIpc) is 2.80. The number of piperazine rings is 1. The summed E-state index contributed by atoms with van der Waals surface area (Å²) < 4.78 is -0.462. The fourth-order valence-electron chi connectivity index (χ4n) is 1.85. The molecule has 0 atom stereocenters. The van der Waals surface area contributed by atoms with E-state index in [4.69, 9.17) is 0 Å². The molecule has 2 rings (SSSR count). The molecule has 1 aliphatic heterocycles. The van der Waals surface area contributed by atoms with Gasteiger partial charge in [0.05, 0.1) is 4.32 Å². The highest BCUT2D eigenvalue weighted by Crippen LogP contribution is 2.23. The van der Waals surface area contributed by atoms with Gasteiger partial charge < -0.3 is 9.80 Å². The second-order valence-corrected chi connectivity index (χ2v) is 7.42. The first-order valence-electron chi connectivity index (χ1n) is 5.61. The highest BCUT2D eigenvalue weighted by atomic mass is 79.9. The molecule has 17 heavy (non-hydrogen) atoms. The monoisotopic (exact) mass is 317 g/mol. The van der Waals surface area contributed by atoms with Crippen LogP contribution in [0.1, 0.15) is 13.8 Å². The Morgan fingerprint density at radius 1 is 1.41 bits per heavy atom. The summed E-state index contributed by atoms with van der Waals surface area (Å²) in [6.45, 7) is 7.05. The van der Waals surface area contributed by atoms with E-state index in [1.165, 1.54) is 0 Å². The summed E-state index contributed by atoms with van der Waals surface area (Å²) in [6.07, 6.45) is 1.82. The maximum absolute atomic E-state index is 12.1. The molecule has 0 saturated carbocycles. The Kier molecular flexibility index (Phi) is 3.73. The van der Waals surface area contributed by atoms with Gasteiger partial charge in [0, 0.05) is 37.8 Å². The van der Waals surface area contributed by atoms with Gasteiger partial charge >= 0.3 is 0 Å². The number of halogens is 1. The van der Waals surface area contributed by atoms with E-state index >= 15 is 0 Å². The highest BCUT2D eigenvalue weighted by Gasteiger charge is 2.31. The van der Waals surface area contributed by atoms with Crippen molar-refractivity contribution < 1.29 is 4.79 Å². The normalized spacial score (nSPS) is 17.4. The van der Waals surface area contributed by atoms with Crippen molar-refractivity contribution in [2.45, 2.75) is 18.2 Å². The maximum Gasteiger partial charge on any atom is 0.239 e. The van der Waals surface area contributed by atoms with Crippen LogP contribution in [0.15, 0.2) is 11.6 Å². The van der Waals surface area contributed by atoms with E-state index in [1.54, 1.807) is 11.3 Å². The Bertz CT molecular complexity index is 380. The van der Waals surface area contributed by atoms with Crippen molar-refractivity contribution in [3.05, 3.63) is 11.6 Å². The lowest BCUT2D eigenvalue weighted by molar-refractivity contribution is -0.133. The van der Waals surface area contributed by atoms with Crippen LogP contribution in [-0.4, -0.2) is 46.3 Å². The fourth-order valence-corrected chi connectivity index (χ4v) is 2.80. The summed E-state index contributed by atoms with van der Waals surface area (Å²) in [4.78, 5) is 20.5. The number of carbonyl (C=O) groups is 1. The minimum atomic E-state index is -0.462. The summed E-state index contributed by atoms with van der Waals surface area (Å²) in [5.41, 5.74) is 0. The van der Waals surface area contributed by atoms with Crippen LogP contribution in [0.4, 0.5) is 5.13 Å². The number of rotatable bonds is 2.